The van der Waals surface area contributed by atoms with Crippen LogP contribution in [0.5, 0.6) is 5.75 Å². The molecular weight excluding hydrogens is 349 g/mol. The highest BCUT2D eigenvalue weighted by Crippen LogP contribution is 2.24. The third-order valence-electron chi connectivity index (χ3n) is 4.67. The number of aliphatic hydroxyl groups excluding tert-OH is 1. The van der Waals surface area contributed by atoms with Crippen LogP contribution in [0.4, 0.5) is 16.2 Å². The summed E-state index contributed by atoms with van der Waals surface area (Å²) < 4.78 is 19.2. The molecule has 1 aliphatic rings. The molecule has 2 aromatic rings. The van der Waals surface area contributed by atoms with Gasteiger partial charge in [-0.05, 0) is 37.8 Å². The zero-order valence-corrected chi connectivity index (χ0v) is 15.1. The van der Waals surface area contributed by atoms with Crippen molar-refractivity contribution in [2.45, 2.75) is 44.4 Å². The lowest BCUT2D eigenvalue weighted by atomic mass is 9.93. The summed E-state index contributed by atoms with van der Waals surface area (Å²) in [6.45, 7) is 0.150. The lowest BCUT2D eigenvalue weighted by Crippen LogP contribution is -2.29. The van der Waals surface area contributed by atoms with Crippen molar-refractivity contribution in [2.24, 2.45) is 0 Å². The third-order valence-corrected chi connectivity index (χ3v) is 4.67. The van der Waals surface area contributed by atoms with E-state index >= 15 is 0 Å². The molecule has 0 radical (unpaired) electrons. The van der Waals surface area contributed by atoms with Gasteiger partial charge in [-0.1, -0.05) is 6.07 Å². The second-order valence-electron chi connectivity index (χ2n) is 6.49. The van der Waals surface area contributed by atoms with Gasteiger partial charge in [-0.3, -0.25) is 0 Å². The van der Waals surface area contributed by atoms with Crippen LogP contribution < -0.4 is 15.4 Å². The van der Waals surface area contributed by atoms with Gasteiger partial charge in [0.2, 0.25) is 5.95 Å². The Labute approximate surface area is 157 Å². The Morgan fingerprint density at radius 1 is 1.33 bits per heavy atom. The van der Waals surface area contributed by atoms with Gasteiger partial charge in [0.25, 0.3) is 0 Å². The summed E-state index contributed by atoms with van der Waals surface area (Å²) >= 11 is 0. The molecule has 8 heteroatoms. The lowest BCUT2D eigenvalue weighted by molar-refractivity contribution is 0.126. The number of nitriles is 1. The van der Waals surface area contributed by atoms with Crippen molar-refractivity contribution in [1.29, 1.82) is 5.26 Å². The second-order valence-corrected chi connectivity index (χ2v) is 6.49. The molecular formula is C19H22FN5O2. The maximum absolute atomic E-state index is 14.0. The van der Waals surface area contributed by atoms with Crippen molar-refractivity contribution in [1.82, 2.24) is 9.97 Å². The fourth-order valence-electron chi connectivity index (χ4n) is 3.14. The predicted molar refractivity (Wildman–Crippen MR) is 98.9 cm³/mol. The summed E-state index contributed by atoms with van der Waals surface area (Å²) in [5.74, 6) is 0.791. The number of ether oxygens (including phenoxy) is 1. The first-order chi connectivity index (χ1) is 13.1. The van der Waals surface area contributed by atoms with Gasteiger partial charge in [0.1, 0.15) is 29.0 Å². The smallest absolute Gasteiger partial charge is 0.224 e. The molecule has 7 nitrogen and oxygen atoms in total. The highest BCUT2D eigenvalue weighted by atomic mass is 19.1. The average molecular weight is 371 g/mol. The number of rotatable bonds is 6. The number of anilines is 2. The third kappa shape index (κ3) is 4.63. The number of nitrogens with zero attached hydrogens (tertiary/aromatic N) is 3. The number of hydrogen-bond acceptors (Lipinski definition) is 7. The van der Waals surface area contributed by atoms with E-state index in [9.17, 15) is 14.8 Å². The van der Waals surface area contributed by atoms with Crippen molar-refractivity contribution in [3.05, 3.63) is 41.3 Å². The molecule has 0 bridgehead atoms. The Bertz CT molecular complexity index is 831. The van der Waals surface area contributed by atoms with Crippen LogP contribution >= 0.6 is 0 Å². The van der Waals surface area contributed by atoms with Crippen LogP contribution in [0.25, 0.3) is 0 Å². The highest BCUT2D eigenvalue weighted by Gasteiger charge is 2.21. The molecule has 3 rings (SSSR count). The monoisotopic (exact) mass is 371 g/mol. The van der Waals surface area contributed by atoms with Crippen LogP contribution in [-0.4, -0.2) is 34.3 Å². The molecule has 0 amide bonds. The van der Waals surface area contributed by atoms with E-state index in [2.05, 4.69) is 26.7 Å². The molecule has 3 N–H and O–H groups in total. The Morgan fingerprint density at radius 3 is 2.81 bits per heavy atom. The van der Waals surface area contributed by atoms with Crippen LogP contribution in [0.2, 0.25) is 0 Å². The minimum absolute atomic E-state index is 0.148. The topological polar surface area (TPSA) is 103 Å². The van der Waals surface area contributed by atoms with Crippen LogP contribution in [-0.2, 0) is 6.54 Å². The normalized spacial score (nSPS) is 19.2. The van der Waals surface area contributed by atoms with Crippen LogP contribution in [0, 0.1) is 17.1 Å². The van der Waals surface area contributed by atoms with Crippen molar-refractivity contribution in [3.63, 3.8) is 0 Å². The Balaban J connectivity index is 1.73. The predicted octanol–water partition coefficient (Wildman–Crippen LogP) is 2.82. The molecule has 0 saturated heterocycles. The van der Waals surface area contributed by atoms with Gasteiger partial charge < -0.3 is 20.5 Å². The number of methoxy groups -OCH3 is 1. The van der Waals surface area contributed by atoms with E-state index < -0.39 is 0 Å². The molecule has 0 atom stereocenters. The Kier molecular flexibility index (Phi) is 6.04. The summed E-state index contributed by atoms with van der Waals surface area (Å²) in [7, 11) is 1.49. The van der Waals surface area contributed by atoms with Gasteiger partial charge in [-0.2, -0.15) is 10.2 Å². The van der Waals surface area contributed by atoms with Crippen LogP contribution in [0.3, 0.4) is 0 Å². The summed E-state index contributed by atoms with van der Waals surface area (Å²) in [6, 6.07) is 6.86. The van der Waals surface area contributed by atoms with Crippen molar-refractivity contribution < 1.29 is 14.2 Å². The van der Waals surface area contributed by atoms with E-state index in [4.69, 9.17) is 4.74 Å². The Morgan fingerprint density at radius 2 is 2.11 bits per heavy atom. The first kappa shape index (κ1) is 18.9. The molecule has 1 aliphatic carbocycles. The van der Waals surface area contributed by atoms with E-state index in [-0.39, 0.29) is 30.5 Å². The van der Waals surface area contributed by atoms with Gasteiger partial charge in [0.15, 0.2) is 0 Å². The average Bonchev–Trinajstić information content (AvgIpc) is 2.68. The van der Waals surface area contributed by atoms with Gasteiger partial charge >= 0.3 is 0 Å². The van der Waals surface area contributed by atoms with E-state index in [1.54, 1.807) is 12.1 Å². The first-order valence-electron chi connectivity index (χ1n) is 8.87. The highest BCUT2D eigenvalue weighted by molar-refractivity contribution is 5.54. The summed E-state index contributed by atoms with van der Waals surface area (Å²) in [5, 5.41) is 25.2. The maximum Gasteiger partial charge on any atom is 0.224 e. The van der Waals surface area contributed by atoms with Crippen molar-refractivity contribution >= 4 is 11.8 Å². The molecule has 1 aromatic heterocycles. The minimum Gasteiger partial charge on any atom is -0.496 e. The summed E-state index contributed by atoms with van der Waals surface area (Å²) in [5.41, 5.74) is 0.721. The van der Waals surface area contributed by atoms with E-state index in [0.29, 0.717) is 22.7 Å². The standard InChI is InChI=1S/C19H22FN5O2/c1-27-17-4-2-3-16(20)15(17)11-23-19-22-10-12(9-21)18(25-19)24-13-5-7-14(26)8-6-13/h2-4,10,13-14,26H,5-8,11H2,1H3,(H2,22,23,24,25)/t13-,14+. The van der Waals surface area contributed by atoms with Crippen LogP contribution in [0.15, 0.2) is 24.4 Å². The summed E-state index contributed by atoms with van der Waals surface area (Å²) in [4.78, 5) is 8.50. The first-order valence-corrected chi connectivity index (χ1v) is 8.87. The van der Waals surface area contributed by atoms with E-state index in [1.165, 1.54) is 19.4 Å². The molecule has 1 saturated carbocycles. The molecule has 0 unspecified atom stereocenters. The SMILES string of the molecule is COc1cccc(F)c1CNc1ncc(C#N)c(N[C@H]2CC[C@@H](O)CC2)n1. The van der Waals surface area contributed by atoms with E-state index in [1.807, 2.05) is 0 Å². The van der Waals surface area contributed by atoms with Crippen LogP contribution in [0.1, 0.15) is 36.8 Å². The molecule has 0 spiro atoms. The van der Waals surface area contributed by atoms with Crippen molar-refractivity contribution in [3.8, 4) is 11.8 Å². The molecule has 142 valence electrons. The largest absolute Gasteiger partial charge is 0.496 e. The number of benzene rings is 1. The number of hydrogen-bond donors (Lipinski definition) is 3. The van der Waals surface area contributed by atoms with Gasteiger partial charge in [0.05, 0.1) is 19.4 Å². The summed E-state index contributed by atoms with van der Waals surface area (Å²) in [6.07, 6.45) is 4.26. The lowest BCUT2D eigenvalue weighted by Gasteiger charge is -2.26. The number of nitrogens with one attached hydrogen (secondary N) is 2. The molecule has 0 aliphatic heterocycles. The fraction of sp³-hybridized carbons (Fsp3) is 0.421. The molecule has 1 aromatic carbocycles. The molecule has 1 fully saturated rings. The molecule has 1 heterocycles. The van der Waals surface area contributed by atoms with Gasteiger partial charge in [-0.15, -0.1) is 0 Å². The molecule has 27 heavy (non-hydrogen) atoms. The Hall–Kier alpha value is -2.92. The number of halogens is 1. The quantitative estimate of drug-likeness (QED) is 0.717. The minimum atomic E-state index is -0.380. The number of aliphatic hydroxyl groups is 1. The van der Waals surface area contributed by atoms with E-state index in [0.717, 1.165) is 25.7 Å². The van der Waals surface area contributed by atoms with Gasteiger partial charge in [-0.25, -0.2) is 9.37 Å². The maximum atomic E-state index is 14.0. The second kappa shape index (κ2) is 8.64. The van der Waals surface area contributed by atoms with Gasteiger partial charge in [0, 0.05) is 18.2 Å². The van der Waals surface area contributed by atoms with Crippen molar-refractivity contribution in [2.75, 3.05) is 17.7 Å². The zero-order chi connectivity index (χ0) is 19.2. The zero-order valence-electron chi connectivity index (χ0n) is 15.1. The fourth-order valence-corrected chi connectivity index (χ4v) is 3.14. The number of aromatic nitrogens is 2.